The molecule has 0 aliphatic carbocycles. The topological polar surface area (TPSA) is 0 Å². The van der Waals surface area contributed by atoms with Gasteiger partial charge in [0.2, 0.25) is 0 Å². The van der Waals surface area contributed by atoms with Crippen LogP contribution in [0.1, 0.15) is 36.5 Å². The van der Waals surface area contributed by atoms with Crippen molar-refractivity contribution >= 4 is 0 Å². The van der Waals surface area contributed by atoms with E-state index in [-0.39, 0.29) is 0 Å². The Kier molecular flexibility index (Phi) is 3.04. The number of aryl methyl sites for hydroxylation is 2. The molecule has 1 aromatic rings. The largest absolute Gasteiger partial charge is 0.180 e. The van der Waals surface area contributed by atoms with Gasteiger partial charge in [0.05, 0.1) is 0 Å². The molecule has 0 spiro atoms. The maximum atomic E-state index is 3.25. The molecule has 0 aliphatic rings. The molecule has 0 nitrogen and oxygen atoms in total. The van der Waals surface area contributed by atoms with Crippen LogP contribution in [0, 0.1) is 19.9 Å². The first-order chi connectivity index (χ1) is 5.11. The van der Waals surface area contributed by atoms with E-state index in [2.05, 4.69) is 45.9 Å². The summed E-state index contributed by atoms with van der Waals surface area (Å²) in [5.74, 6) is 0.616. The van der Waals surface area contributed by atoms with Crippen molar-refractivity contribution in [2.24, 2.45) is 0 Å². The van der Waals surface area contributed by atoms with Gasteiger partial charge in [-0.1, -0.05) is 33.6 Å². The van der Waals surface area contributed by atoms with Gasteiger partial charge in [0.15, 0.2) is 0 Å². The van der Waals surface area contributed by atoms with Gasteiger partial charge in [-0.25, -0.2) is 0 Å². The van der Waals surface area contributed by atoms with Crippen LogP contribution in [0.25, 0.3) is 0 Å². The minimum atomic E-state index is 0. The van der Waals surface area contributed by atoms with Crippen LogP contribution in [0.4, 0.5) is 0 Å². The Hall–Kier alpha value is -1.78. The SMILES string of the molecule is Cc1[c-]cc(C(C)C)cc1C.[Rf]. The molecule has 0 heterocycles. The van der Waals surface area contributed by atoms with Crippen molar-refractivity contribution in [2.45, 2.75) is 33.6 Å². The Bertz CT molecular complexity index is 251. The maximum Gasteiger partial charge on any atom is 0 e. The number of benzene rings is 1. The Labute approximate surface area is 69.3 Å². The van der Waals surface area contributed by atoms with Crippen LogP contribution in [0.2, 0.25) is 0 Å². The molecule has 0 atom stereocenters. The van der Waals surface area contributed by atoms with E-state index in [0.29, 0.717) is 5.92 Å². The minimum Gasteiger partial charge on any atom is -0.180 e. The zero-order valence-corrected chi connectivity index (χ0v) is 14.8. The van der Waals surface area contributed by atoms with Crippen molar-refractivity contribution in [3.8, 4) is 0 Å². The van der Waals surface area contributed by atoms with E-state index in [9.17, 15) is 0 Å². The van der Waals surface area contributed by atoms with Crippen LogP contribution in [0.15, 0.2) is 12.1 Å². The van der Waals surface area contributed by atoms with E-state index in [1.54, 1.807) is 0 Å². The summed E-state index contributed by atoms with van der Waals surface area (Å²) in [6.45, 7) is 8.65. The summed E-state index contributed by atoms with van der Waals surface area (Å²) in [5, 5.41) is 0. The van der Waals surface area contributed by atoms with Crippen molar-refractivity contribution in [3.05, 3.63) is 34.9 Å². The summed E-state index contributed by atoms with van der Waals surface area (Å²) in [4.78, 5) is 0. The molecule has 12 heavy (non-hydrogen) atoms. The molecule has 62 valence electrons. The molecule has 0 saturated carbocycles. The van der Waals surface area contributed by atoms with Crippen LogP contribution < -0.4 is 0 Å². The van der Waals surface area contributed by atoms with Crippen LogP contribution in [0.3, 0.4) is 0 Å². The van der Waals surface area contributed by atoms with E-state index >= 15 is 0 Å². The Morgan fingerprint density at radius 2 is 1.83 bits per heavy atom. The quantitative estimate of drug-likeness (QED) is 0.620. The molecule has 0 radical (unpaired) electrons. The van der Waals surface area contributed by atoms with E-state index in [1.165, 1.54) is 16.7 Å². The third kappa shape index (κ3) is 1.85. The normalized spacial score (nSPS) is 9.75. The van der Waals surface area contributed by atoms with E-state index in [0.717, 1.165) is 0 Å². The number of rotatable bonds is 1. The van der Waals surface area contributed by atoms with Gasteiger partial charge in [-0.3, -0.25) is 0 Å². The van der Waals surface area contributed by atoms with Crippen LogP contribution in [-0.2, 0) is 0 Å². The molecule has 1 heteroatoms. The second-order valence-electron chi connectivity index (χ2n) is 3.40. The van der Waals surface area contributed by atoms with Gasteiger partial charge >= 0.3 is 0 Å². The first-order valence-electron chi connectivity index (χ1n) is 4.10. The molecule has 1 aromatic carbocycles. The number of hydrogen-bond acceptors (Lipinski definition) is 0. The fourth-order valence-corrected chi connectivity index (χ4v) is 1.04. The van der Waals surface area contributed by atoms with Gasteiger partial charge in [0.1, 0.15) is 0 Å². The second kappa shape index (κ2) is 3.56. The maximum absolute atomic E-state index is 3.25. The van der Waals surface area contributed by atoms with Crippen LogP contribution >= 0.6 is 0 Å². The van der Waals surface area contributed by atoms with Gasteiger partial charge in [-0.05, 0) is 0 Å². The van der Waals surface area contributed by atoms with E-state index in [4.69, 9.17) is 0 Å². The van der Waals surface area contributed by atoms with Crippen molar-refractivity contribution in [1.29, 1.82) is 0 Å². The zero-order valence-electron chi connectivity index (χ0n) is 8.44. The minimum absolute atomic E-state index is 0. The molecule has 0 amide bonds. The van der Waals surface area contributed by atoms with Crippen LogP contribution in [-0.4, -0.2) is 0 Å². The first-order valence-corrected chi connectivity index (χ1v) is 4.10. The molecule has 0 aromatic heterocycles. The first kappa shape index (κ1) is 10.2. The average molecular weight is 414 g/mol. The molecule has 0 bridgehead atoms. The Morgan fingerprint density at radius 3 is 2.25 bits per heavy atom. The molecule has 0 unspecified atom stereocenters. The van der Waals surface area contributed by atoms with E-state index in [1.807, 2.05) is 0 Å². The van der Waals surface area contributed by atoms with Crippen LogP contribution in [0.5, 0.6) is 0 Å². The van der Waals surface area contributed by atoms with Crippen molar-refractivity contribution in [3.63, 3.8) is 0 Å². The summed E-state index contributed by atoms with van der Waals surface area (Å²) in [5.41, 5.74) is 3.98. The molecular weight excluding hydrogens is 399 g/mol. The fraction of sp³-hybridized carbons (Fsp3) is 0.455. The monoisotopic (exact) mass is 414 g/mol. The van der Waals surface area contributed by atoms with Gasteiger partial charge in [-0.15, -0.1) is 0 Å². The van der Waals surface area contributed by atoms with Crippen molar-refractivity contribution < 1.29 is 0 Å². The molecule has 0 N–H and O–H groups in total. The summed E-state index contributed by atoms with van der Waals surface area (Å²) in [6.07, 6.45) is 0. The van der Waals surface area contributed by atoms with Gasteiger partial charge in [0, 0.05) is 0 Å². The standard InChI is InChI=1S/C11H15.Rf/c1-8(2)11-6-5-9(3)10(4)7-11;/h6-8H,1-4H3;/q-1;. The predicted octanol–water partition coefficient (Wildman–Crippen LogP) is 3.23. The van der Waals surface area contributed by atoms with Gasteiger partial charge in [0.25, 0.3) is 0 Å². The smallest absolute Gasteiger partial charge is 0 e. The van der Waals surface area contributed by atoms with Crippen molar-refractivity contribution in [1.82, 2.24) is 0 Å². The summed E-state index contributed by atoms with van der Waals surface area (Å²) >= 11 is 0. The molecule has 1 rings (SSSR count). The van der Waals surface area contributed by atoms with Gasteiger partial charge < -0.3 is 0 Å². The predicted molar refractivity (Wildman–Crippen MR) is 48.8 cm³/mol. The third-order valence-corrected chi connectivity index (χ3v) is 2.10. The molecule has 0 saturated heterocycles. The third-order valence-electron chi connectivity index (χ3n) is 2.10. The summed E-state index contributed by atoms with van der Waals surface area (Å²) in [7, 11) is 0. The zero-order chi connectivity index (χ0) is 8.43. The van der Waals surface area contributed by atoms with Crippen molar-refractivity contribution in [2.75, 3.05) is 0 Å². The Balaban J connectivity index is 0.00000121. The molecule has 0 aliphatic heterocycles. The Morgan fingerprint density at radius 1 is 1.25 bits per heavy atom. The molecular formula is C11H15Rf-. The van der Waals surface area contributed by atoms with Gasteiger partial charge in [-0.2, -0.15) is 34.9 Å². The second-order valence-corrected chi connectivity index (χ2v) is 3.40. The summed E-state index contributed by atoms with van der Waals surface area (Å²) < 4.78 is 0. The fourth-order valence-electron chi connectivity index (χ4n) is 1.04. The van der Waals surface area contributed by atoms with E-state index < -0.39 is 0 Å². The summed E-state index contributed by atoms with van der Waals surface area (Å²) in [6, 6.07) is 7.59. The number of hydrogen-bond donors (Lipinski definition) is 0. The molecule has 0 fully saturated rings. The average Bonchev–Trinajstić information content (AvgIpc) is 1.94.